The molecule has 5 heteroatoms. The van der Waals surface area contributed by atoms with Crippen LogP contribution in [0.25, 0.3) is 0 Å². The van der Waals surface area contributed by atoms with Crippen molar-refractivity contribution in [1.82, 2.24) is 10.2 Å². The molecule has 0 saturated heterocycles. The minimum absolute atomic E-state index is 0.276. The Balaban J connectivity index is 2.66. The summed E-state index contributed by atoms with van der Waals surface area (Å²) in [5.74, 6) is 0.0461. The van der Waals surface area contributed by atoms with E-state index in [1.54, 1.807) is 11.9 Å². The summed E-state index contributed by atoms with van der Waals surface area (Å²) in [6.45, 7) is 6.94. The van der Waals surface area contributed by atoms with Crippen molar-refractivity contribution in [1.29, 1.82) is 0 Å². The number of aliphatic carboxylic acids is 1. The van der Waals surface area contributed by atoms with Gasteiger partial charge in [0.05, 0.1) is 0 Å². The lowest BCUT2D eigenvalue weighted by Gasteiger charge is -2.37. The average Bonchev–Trinajstić information content (AvgIpc) is 2.40. The molecule has 1 saturated carbocycles. The third kappa shape index (κ3) is 4.12. The highest BCUT2D eigenvalue weighted by Gasteiger charge is 2.43. The van der Waals surface area contributed by atoms with Crippen molar-refractivity contribution in [3.63, 3.8) is 0 Å². The van der Waals surface area contributed by atoms with Crippen LogP contribution < -0.4 is 5.32 Å². The second-order valence-electron chi connectivity index (χ2n) is 6.39. The first-order valence-corrected chi connectivity index (χ1v) is 7.57. The molecule has 0 heterocycles. The number of carboxylic acid groups (broad SMARTS) is 1. The van der Waals surface area contributed by atoms with Gasteiger partial charge in [0.2, 0.25) is 0 Å². The quantitative estimate of drug-likeness (QED) is 0.815. The summed E-state index contributed by atoms with van der Waals surface area (Å²) in [7, 11) is 1.72. The number of carboxylic acids is 1. The third-order valence-corrected chi connectivity index (χ3v) is 4.51. The predicted molar refractivity (Wildman–Crippen MR) is 78.6 cm³/mol. The first-order valence-electron chi connectivity index (χ1n) is 7.57. The maximum absolute atomic E-state index is 12.2. The number of nitrogens with zero attached hydrogens (tertiary/aromatic N) is 1. The number of carbonyl (C=O) groups is 2. The monoisotopic (exact) mass is 284 g/mol. The molecule has 1 rings (SSSR count). The molecule has 1 aliphatic rings. The molecular weight excluding hydrogens is 256 g/mol. The van der Waals surface area contributed by atoms with Gasteiger partial charge in [-0.2, -0.15) is 0 Å². The van der Waals surface area contributed by atoms with Crippen LogP contribution in [0.3, 0.4) is 0 Å². The maximum atomic E-state index is 12.2. The van der Waals surface area contributed by atoms with E-state index in [1.165, 1.54) is 0 Å². The molecule has 1 aliphatic carbocycles. The van der Waals surface area contributed by atoms with Crippen molar-refractivity contribution in [3.05, 3.63) is 0 Å². The second-order valence-corrected chi connectivity index (χ2v) is 6.39. The molecular formula is C15H28N2O3. The molecule has 20 heavy (non-hydrogen) atoms. The van der Waals surface area contributed by atoms with Crippen molar-refractivity contribution < 1.29 is 14.7 Å². The standard InChI is InChI=1S/C15H28N2O3/c1-5-11(2)10-17(4)14(20)16-15(13(18)19)8-6-12(3)7-9-15/h11-12H,5-10H2,1-4H3,(H,16,20)(H,18,19). The van der Waals surface area contributed by atoms with Crippen molar-refractivity contribution in [2.45, 2.75) is 58.4 Å². The first-order chi connectivity index (χ1) is 9.30. The Kier molecular flexibility index (Phi) is 5.84. The van der Waals surface area contributed by atoms with E-state index in [9.17, 15) is 14.7 Å². The van der Waals surface area contributed by atoms with Gasteiger partial charge in [0.15, 0.2) is 0 Å². The molecule has 0 aromatic heterocycles. The van der Waals surface area contributed by atoms with Crippen LogP contribution in [0.1, 0.15) is 52.9 Å². The van der Waals surface area contributed by atoms with E-state index in [0.29, 0.717) is 31.2 Å². The third-order valence-electron chi connectivity index (χ3n) is 4.51. The van der Waals surface area contributed by atoms with E-state index >= 15 is 0 Å². The molecule has 1 fully saturated rings. The van der Waals surface area contributed by atoms with Gasteiger partial charge in [0.25, 0.3) is 0 Å². The summed E-state index contributed by atoms with van der Waals surface area (Å²) in [6, 6.07) is -0.276. The van der Waals surface area contributed by atoms with Gasteiger partial charge in [0.1, 0.15) is 5.54 Å². The summed E-state index contributed by atoms with van der Waals surface area (Å²) in [6.07, 6.45) is 3.74. The molecule has 0 aromatic carbocycles. The normalized spacial score (nSPS) is 27.7. The van der Waals surface area contributed by atoms with Gasteiger partial charge >= 0.3 is 12.0 Å². The molecule has 0 aliphatic heterocycles. The molecule has 0 radical (unpaired) electrons. The fraction of sp³-hybridized carbons (Fsp3) is 0.867. The van der Waals surface area contributed by atoms with E-state index in [0.717, 1.165) is 19.3 Å². The lowest BCUT2D eigenvalue weighted by Crippen LogP contribution is -2.59. The van der Waals surface area contributed by atoms with E-state index < -0.39 is 11.5 Å². The van der Waals surface area contributed by atoms with Gasteiger partial charge in [0, 0.05) is 13.6 Å². The summed E-state index contributed by atoms with van der Waals surface area (Å²) in [5, 5.41) is 12.3. The minimum Gasteiger partial charge on any atom is -0.480 e. The summed E-state index contributed by atoms with van der Waals surface area (Å²) >= 11 is 0. The second kappa shape index (κ2) is 6.95. The largest absolute Gasteiger partial charge is 0.480 e. The molecule has 116 valence electrons. The van der Waals surface area contributed by atoms with Crippen molar-refractivity contribution in [2.24, 2.45) is 11.8 Å². The highest BCUT2D eigenvalue weighted by molar-refractivity contribution is 5.86. The minimum atomic E-state index is -1.08. The van der Waals surface area contributed by atoms with Crippen molar-refractivity contribution in [3.8, 4) is 0 Å². The van der Waals surface area contributed by atoms with Gasteiger partial charge in [-0.15, -0.1) is 0 Å². The van der Waals surface area contributed by atoms with Gasteiger partial charge in [-0.25, -0.2) is 9.59 Å². The Hall–Kier alpha value is -1.26. The highest BCUT2D eigenvalue weighted by atomic mass is 16.4. The smallest absolute Gasteiger partial charge is 0.329 e. The van der Waals surface area contributed by atoms with Crippen LogP contribution in [-0.2, 0) is 4.79 Å². The summed E-state index contributed by atoms with van der Waals surface area (Å²) in [5.41, 5.74) is -1.08. The van der Waals surface area contributed by atoms with Gasteiger partial charge < -0.3 is 15.3 Å². The SMILES string of the molecule is CCC(C)CN(C)C(=O)NC1(C(=O)O)CCC(C)CC1. The molecule has 2 amide bonds. The molecule has 2 N–H and O–H groups in total. The van der Waals surface area contributed by atoms with E-state index in [4.69, 9.17) is 0 Å². The number of urea groups is 1. The van der Waals surface area contributed by atoms with E-state index in [-0.39, 0.29) is 6.03 Å². The molecule has 0 aromatic rings. The Morgan fingerprint density at radius 3 is 2.40 bits per heavy atom. The number of rotatable bonds is 5. The van der Waals surface area contributed by atoms with Crippen LogP contribution >= 0.6 is 0 Å². The topological polar surface area (TPSA) is 69.6 Å². The Bertz CT molecular complexity index is 349. The number of amides is 2. The first kappa shape index (κ1) is 16.8. The fourth-order valence-corrected chi connectivity index (χ4v) is 2.63. The molecule has 5 nitrogen and oxygen atoms in total. The number of hydrogen-bond donors (Lipinski definition) is 2. The van der Waals surface area contributed by atoms with E-state index in [2.05, 4.69) is 26.1 Å². The van der Waals surface area contributed by atoms with Crippen LogP contribution in [0.15, 0.2) is 0 Å². The average molecular weight is 284 g/mol. The molecule has 0 bridgehead atoms. The fourth-order valence-electron chi connectivity index (χ4n) is 2.63. The zero-order valence-electron chi connectivity index (χ0n) is 13.1. The lowest BCUT2D eigenvalue weighted by molar-refractivity contribution is -0.146. The van der Waals surface area contributed by atoms with E-state index in [1.807, 2.05) is 0 Å². The van der Waals surface area contributed by atoms with Crippen LogP contribution in [-0.4, -0.2) is 41.1 Å². The Labute approximate surface area is 121 Å². The molecule has 0 spiro atoms. The Morgan fingerprint density at radius 2 is 1.95 bits per heavy atom. The van der Waals surface area contributed by atoms with Crippen LogP contribution in [0.2, 0.25) is 0 Å². The van der Waals surface area contributed by atoms with Crippen molar-refractivity contribution in [2.75, 3.05) is 13.6 Å². The number of carbonyl (C=O) groups excluding carboxylic acids is 1. The summed E-state index contributed by atoms with van der Waals surface area (Å²) in [4.78, 5) is 25.4. The molecule has 1 unspecified atom stereocenters. The predicted octanol–water partition coefficient (Wildman–Crippen LogP) is 2.71. The van der Waals surface area contributed by atoms with Crippen LogP contribution in [0.5, 0.6) is 0 Å². The zero-order chi connectivity index (χ0) is 15.3. The maximum Gasteiger partial charge on any atom is 0.329 e. The van der Waals surface area contributed by atoms with Gasteiger partial charge in [-0.3, -0.25) is 0 Å². The van der Waals surface area contributed by atoms with Gasteiger partial charge in [-0.05, 0) is 37.5 Å². The van der Waals surface area contributed by atoms with Gasteiger partial charge in [-0.1, -0.05) is 27.2 Å². The van der Waals surface area contributed by atoms with Crippen LogP contribution in [0.4, 0.5) is 4.79 Å². The lowest BCUT2D eigenvalue weighted by atomic mass is 9.77. The Morgan fingerprint density at radius 1 is 1.40 bits per heavy atom. The van der Waals surface area contributed by atoms with Crippen LogP contribution in [0, 0.1) is 11.8 Å². The highest BCUT2D eigenvalue weighted by Crippen LogP contribution is 2.32. The number of nitrogens with one attached hydrogen (secondary N) is 1. The molecule has 1 atom stereocenters. The zero-order valence-corrected chi connectivity index (χ0v) is 13.1. The van der Waals surface area contributed by atoms with Crippen molar-refractivity contribution >= 4 is 12.0 Å². The summed E-state index contributed by atoms with van der Waals surface area (Å²) < 4.78 is 0. The number of hydrogen-bond acceptors (Lipinski definition) is 2.